The van der Waals surface area contributed by atoms with E-state index >= 15 is 0 Å². The van der Waals surface area contributed by atoms with Crippen LogP contribution in [0.1, 0.15) is 16.1 Å². The van der Waals surface area contributed by atoms with E-state index in [9.17, 15) is 9.59 Å². The molecule has 2 amide bonds. The first-order chi connectivity index (χ1) is 14.2. The van der Waals surface area contributed by atoms with Crippen LogP contribution in [0.15, 0.2) is 60.0 Å². The molecule has 2 heterocycles. The molecule has 0 unspecified atom stereocenters. The average Bonchev–Trinajstić information content (AvgIpc) is 3.19. The van der Waals surface area contributed by atoms with Gasteiger partial charge in [0, 0.05) is 10.9 Å². The summed E-state index contributed by atoms with van der Waals surface area (Å²) in [6, 6.07) is 16.3. The number of amides is 2. The maximum atomic E-state index is 12.2. The number of nitrogens with zero attached hydrogens (tertiary/aromatic N) is 1. The number of hydrogen-bond donors (Lipinski definition) is 2. The van der Waals surface area contributed by atoms with E-state index in [0.717, 1.165) is 0 Å². The molecule has 0 spiro atoms. The van der Waals surface area contributed by atoms with E-state index in [4.69, 9.17) is 9.47 Å². The first-order valence-corrected chi connectivity index (χ1v) is 10.0. The second-order valence-corrected chi connectivity index (χ2v) is 7.30. The van der Waals surface area contributed by atoms with E-state index in [1.165, 1.54) is 11.3 Å². The van der Waals surface area contributed by atoms with Gasteiger partial charge in [0.15, 0.2) is 16.6 Å². The van der Waals surface area contributed by atoms with E-state index < -0.39 is 0 Å². The molecule has 8 heteroatoms. The maximum absolute atomic E-state index is 12.2. The predicted molar refractivity (Wildman–Crippen MR) is 110 cm³/mol. The second-order valence-electron chi connectivity index (χ2n) is 6.44. The molecule has 2 N–H and O–H groups in total. The van der Waals surface area contributed by atoms with E-state index in [1.807, 2.05) is 30.3 Å². The van der Waals surface area contributed by atoms with Crippen molar-refractivity contribution < 1.29 is 19.1 Å². The largest absolute Gasteiger partial charge is 0.486 e. The van der Waals surface area contributed by atoms with Gasteiger partial charge < -0.3 is 14.8 Å². The van der Waals surface area contributed by atoms with Crippen LogP contribution in [-0.4, -0.2) is 36.1 Å². The highest BCUT2D eigenvalue weighted by atomic mass is 32.1. The first kappa shape index (κ1) is 18.9. The number of para-hydroxylation sites is 2. The number of hydrogen-bond acceptors (Lipinski definition) is 6. The summed E-state index contributed by atoms with van der Waals surface area (Å²) >= 11 is 1.29. The lowest BCUT2D eigenvalue weighted by Crippen LogP contribution is -2.41. The SMILES string of the molecule is O=C(Cc1csc(NC(=O)c2ccccc2)n1)NC[C@@H]1COc2ccccc2O1. The Bertz CT molecular complexity index is 1010. The van der Waals surface area contributed by atoms with Crippen LogP contribution in [0.4, 0.5) is 5.13 Å². The van der Waals surface area contributed by atoms with Crippen molar-refractivity contribution in [3.8, 4) is 11.5 Å². The van der Waals surface area contributed by atoms with Gasteiger partial charge in [-0.3, -0.25) is 14.9 Å². The van der Waals surface area contributed by atoms with Crippen LogP contribution < -0.4 is 20.1 Å². The molecular formula is C21H19N3O4S. The van der Waals surface area contributed by atoms with Crippen LogP contribution in [0.25, 0.3) is 0 Å². The number of carbonyl (C=O) groups is 2. The minimum Gasteiger partial charge on any atom is -0.486 e. The number of nitrogens with one attached hydrogen (secondary N) is 2. The van der Waals surface area contributed by atoms with Crippen LogP contribution in [0, 0.1) is 0 Å². The first-order valence-electron chi connectivity index (χ1n) is 9.13. The zero-order valence-electron chi connectivity index (χ0n) is 15.5. The van der Waals surface area contributed by atoms with Crippen molar-refractivity contribution in [1.82, 2.24) is 10.3 Å². The van der Waals surface area contributed by atoms with Crippen molar-refractivity contribution >= 4 is 28.3 Å². The molecule has 1 atom stereocenters. The van der Waals surface area contributed by atoms with Gasteiger partial charge in [-0.05, 0) is 24.3 Å². The number of anilines is 1. The van der Waals surface area contributed by atoms with Gasteiger partial charge in [0.1, 0.15) is 12.7 Å². The summed E-state index contributed by atoms with van der Waals surface area (Å²) in [5, 5.41) is 7.81. The molecule has 0 aliphatic carbocycles. The number of ether oxygens (including phenoxy) is 2. The Morgan fingerprint density at radius 3 is 2.66 bits per heavy atom. The number of thiazole rings is 1. The van der Waals surface area contributed by atoms with E-state index in [-0.39, 0.29) is 24.3 Å². The molecule has 1 aromatic heterocycles. The van der Waals surface area contributed by atoms with Gasteiger partial charge in [-0.1, -0.05) is 30.3 Å². The molecule has 148 valence electrons. The highest BCUT2D eigenvalue weighted by molar-refractivity contribution is 7.14. The molecular weight excluding hydrogens is 390 g/mol. The molecule has 0 radical (unpaired) electrons. The second kappa shape index (κ2) is 8.74. The Balaban J connectivity index is 1.25. The zero-order valence-corrected chi connectivity index (χ0v) is 16.3. The van der Waals surface area contributed by atoms with Gasteiger partial charge in [0.05, 0.1) is 18.7 Å². The molecule has 2 aromatic carbocycles. The summed E-state index contributed by atoms with van der Waals surface area (Å²) in [5.74, 6) is 0.989. The summed E-state index contributed by atoms with van der Waals surface area (Å²) in [7, 11) is 0. The van der Waals surface area contributed by atoms with Gasteiger partial charge in [-0.15, -0.1) is 11.3 Å². The number of rotatable bonds is 6. The molecule has 0 saturated carbocycles. The summed E-state index contributed by atoms with van der Waals surface area (Å²) in [4.78, 5) is 28.7. The average molecular weight is 409 g/mol. The zero-order chi connectivity index (χ0) is 20.1. The number of fused-ring (bicyclic) bond motifs is 1. The lowest BCUT2D eigenvalue weighted by molar-refractivity contribution is -0.121. The maximum Gasteiger partial charge on any atom is 0.257 e. The molecule has 1 aliphatic heterocycles. The van der Waals surface area contributed by atoms with Crippen molar-refractivity contribution in [2.24, 2.45) is 0 Å². The monoisotopic (exact) mass is 409 g/mol. The quantitative estimate of drug-likeness (QED) is 0.653. The Morgan fingerprint density at radius 1 is 1.07 bits per heavy atom. The van der Waals surface area contributed by atoms with Crippen molar-refractivity contribution in [1.29, 1.82) is 0 Å². The summed E-state index contributed by atoms with van der Waals surface area (Å²) in [6.45, 7) is 0.721. The smallest absolute Gasteiger partial charge is 0.257 e. The minimum absolute atomic E-state index is 0.127. The van der Waals surface area contributed by atoms with Crippen LogP contribution >= 0.6 is 11.3 Å². The van der Waals surface area contributed by atoms with Crippen molar-refractivity contribution in [3.05, 3.63) is 71.2 Å². The summed E-state index contributed by atoms with van der Waals surface area (Å²) < 4.78 is 11.5. The highest BCUT2D eigenvalue weighted by Crippen LogP contribution is 2.30. The van der Waals surface area contributed by atoms with Gasteiger partial charge >= 0.3 is 0 Å². The van der Waals surface area contributed by atoms with Crippen molar-refractivity contribution in [2.75, 3.05) is 18.5 Å². The summed E-state index contributed by atoms with van der Waals surface area (Å²) in [6.07, 6.45) is -0.119. The van der Waals surface area contributed by atoms with Gasteiger partial charge in [0.2, 0.25) is 5.91 Å². The molecule has 1 aliphatic rings. The fourth-order valence-electron chi connectivity index (χ4n) is 2.82. The third-order valence-corrected chi connectivity index (χ3v) is 5.05. The fraction of sp³-hybridized carbons (Fsp3) is 0.190. The van der Waals surface area contributed by atoms with E-state index in [1.54, 1.807) is 29.6 Å². The van der Waals surface area contributed by atoms with Gasteiger partial charge in [-0.25, -0.2) is 4.98 Å². The Kier molecular flexibility index (Phi) is 5.71. The topological polar surface area (TPSA) is 89.6 Å². The highest BCUT2D eigenvalue weighted by Gasteiger charge is 2.21. The van der Waals surface area contributed by atoms with Crippen molar-refractivity contribution in [3.63, 3.8) is 0 Å². The molecule has 0 saturated heterocycles. The van der Waals surface area contributed by atoms with Crippen molar-refractivity contribution in [2.45, 2.75) is 12.5 Å². The van der Waals surface area contributed by atoms with Crippen LogP contribution in [0.3, 0.4) is 0 Å². The Hall–Kier alpha value is -3.39. The molecule has 0 bridgehead atoms. The third-order valence-electron chi connectivity index (χ3n) is 4.24. The molecule has 29 heavy (non-hydrogen) atoms. The molecule has 3 aromatic rings. The molecule has 4 rings (SSSR count). The van der Waals surface area contributed by atoms with Crippen LogP contribution in [-0.2, 0) is 11.2 Å². The minimum atomic E-state index is -0.245. The lowest BCUT2D eigenvalue weighted by Gasteiger charge is -2.26. The van der Waals surface area contributed by atoms with Gasteiger partial charge in [-0.2, -0.15) is 0 Å². The molecule has 0 fully saturated rings. The standard InChI is InChI=1S/C21H19N3O4S/c25-19(22-11-16-12-27-17-8-4-5-9-18(17)28-16)10-15-13-29-21(23-15)24-20(26)14-6-2-1-3-7-14/h1-9,13,16H,10-12H2,(H,22,25)(H,23,24,26)/t16-/m1/s1. The van der Waals surface area contributed by atoms with Crippen LogP contribution in [0.2, 0.25) is 0 Å². The van der Waals surface area contributed by atoms with Gasteiger partial charge in [0.25, 0.3) is 5.91 Å². The Morgan fingerprint density at radius 2 is 1.83 bits per heavy atom. The number of carbonyl (C=O) groups excluding carboxylic acids is 2. The Labute approximate surface area is 171 Å². The van der Waals surface area contributed by atoms with E-state index in [2.05, 4.69) is 15.6 Å². The number of benzene rings is 2. The normalized spacial score (nSPS) is 14.8. The molecule has 7 nitrogen and oxygen atoms in total. The third kappa shape index (κ3) is 4.91. The lowest BCUT2D eigenvalue weighted by atomic mass is 10.2. The fourth-order valence-corrected chi connectivity index (χ4v) is 3.53. The summed E-state index contributed by atoms with van der Waals surface area (Å²) in [5.41, 5.74) is 1.15. The van der Waals surface area contributed by atoms with Crippen LogP contribution in [0.5, 0.6) is 11.5 Å². The predicted octanol–water partition coefficient (Wildman–Crippen LogP) is 2.89. The number of aromatic nitrogens is 1. The van der Waals surface area contributed by atoms with E-state index in [0.29, 0.717) is 41.0 Å².